The lowest BCUT2D eigenvalue weighted by molar-refractivity contribution is 0.0236. The topological polar surface area (TPSA) is 80.6 Å². The molecule has 2 N–H and O–H groups in total. The standard InChI is InChI=1S/C13H20N2O4S/c1-19-12-4-9(5-12)14-20(17,18)13-6-11(8-16)15(7-13)10-2-3-10/h6-7,9-10,12,14,16H,2-5,8H2,1H3. The molecule has 2 aliphatic rings. The van der Waals surface area contributed by atoms with E-state index in [9.17, 15) is 13.5 Å². The molecule has 3 rings (SSSR count). The van der Waals surface area contributed by atoms with Gasteiger partial charge < -0.3 is 14.4 Å². The Labute approximate surface area is 118 Å². The highest BCUT2D eigenvalue weighted by atomic mass is 32.2. The third kappa shape index (κ3) is 2.63. The molecule has 0 aromatic carbocycles. The van der Waals surface area contributed by atoms with Crippen LogP contribution >= 0.6 is 0 Å². The monoisotopic (exact) mass is 300 g/mol. The Hall–Kier alpha value is -0.890. The minimum absolute atomic E-state index is 0.0493. The lowest BCUT2D eigenvalue weighted by Crippen LogP contribution is -2.47. The summed E-state index contributed by atoms with van der Waals surface area (Å²) in [5, 5.41) is 9.33. The van der Waals surface area contributed by atoms with Crippen molar-refractivity contribution in [2.24, 2.45) is 0 Å². The van der Waals surface area contributed by atoms with Crippen LogP contribution in [0.15, 0.2) is 17.2 Å². The highest BCUT2D eigenvalue weighted by molar-refractivity contribution is 7.89. The van der Waals surface area contributed by atoms with E-state index >= 15 is 0 Å². The fourth-order valence-electron chi connectivity index (χ4n) is 2.60. The van der Waals surface area contributed by atoms with Gasteiger partial charge in [0.25, 0.3) is 0 Å². The summed E-state index contributed by atoms with van der Waals surface area (Å²) in [4.78, 5) is 0.245. The largest absolute Gasteiger partial charge is 0.390 e. The third-order valence-electron chi connectivity index (χ3n) is 4.07. The van der Waals surface area contributed by atoms with E-state index in [4.69, 9.17) is 4.74 Å². The first-order valence-corrected chi connectivity index (χ1v) is 8.38. The zero-order valence-electron chi connectivity index (χ0n) is 11.4. The molecule has 2 aliphatic carbocycles. The fraction of sp³-hybridized carbons (Fsp3) is 0.692. The van der Waals surface area contributed by atoms with Crippen molar-refractivity contribution < 1.29 is 18.3 Å². The molecule has 0 spiro atoms. The van der Waals surface area contributed by atoms with Crippen LogP contribution in [0.5, 0.6) is 0 Å². The molecular formula is C13H20N2O4S. The lowest BCUT2D eigenvalue weighted by Gasteiger charge is -2.34. The molecule has 1 aromatic rings. The molecule has 7 heteroatoms. The number of sulfonamides is 1. The number of aliphatic hydroxyl groups is 1. The van der Waals surface area contributed by atoms with Gasteiger partial charge in [-0.2, -0.15) is 0 Å². The Kier molecular flexibility index (Phi) is 3.62. The quantitative estimate of drug-likeness (QED) is 0.813. The summed E-state index contributed by atoms with van der Waals surface area (Å²) in [7, 11) is -1.87. The zero-order valence-corrected chi connectivity index (χ0v) is 12.3. The van der Waals surface area contributed by atoms with E-state index < -0.39 is 10.0 Å². The molecule has 2 saturated carbocycles. The van der Waals surface area contributed by atoms with Crippen molar-refractivity contribution in [1.82, 2.24) is 9.29 Å². The van der Waals surface area contributed by atoms with Crippen LogP contribution in [0.4, 0.5) is 0 Å². The minimum Gasteiger partial charge on any atom is -0.390 e. The minimum atomic E-state index is -3.51. The summed E-state index contributed by atoms with van der Waals surface area (Å²) in [5.74, 6) is 0. The van der Waals surface area contributed by atoms with Gasteiger partial charge in [0.15, 0.2) is 0 Å². The van der Waals surface area contributed by atoms with Gasteiger partial charge in [0, 0.05) is 31.1 Å². The average Bonchev–Trinajstić information content (AvgIpc) is 3.12. The van der Waals surface area contributed by atoms with Crippen molar-refractivity contribution in [3.8, 4) is 0 Å². The molecule has 2 fully saturated rings. The third-order valence-corrected chi connectivity index (χ3v) is 5.56. The summed E-state index contributed by atoms with van der Waals surface area (Å²) in [6.45, 7) is -0.138. The van der Waals surface area contributed by atoms with Crippen LogP contribution < -0.4 is 4.72 Å². The van der Waals surface area contributed by atoms with E-state index in [-0.39, 0.29) is 23.6 Å². The Morgan fingerprint density at radius 1 is 1.45 bits per heavy atom. The Bertz CT molecular complexity index is 586. The first-order valence-electron chi connectivity index (χ1n) is 6.90. The molecule has 0 bridgehead atoms. The highest BCUT2D eigenvalue weighted by Gasteiger charge is 2.34. The van der Waals surface area contributed by atoms with E-state index in [1.54, 1.807) is 19.4 Å². The van der Waals surface area contributed by atoms with Crippen molar-refractivity contribution >= 4 is 10.0 Å². The zero-order chi connectivity index (χ0) is 14.3. The highest BCUT2D eigenvalue weighted by Crippen LogP contribution is 2.37. The first kappa shape index (κ1) is 14.1. The SMILES string of the molecule is COC1CC(NS(=O)(=O)c2cc(CO)n(C3CC3)c2)C1. The van der Waals surface area contributed by atoms with Gasteiger partial charge in [-0.25, -0.2) is 13.1 Å². The molecule has 1 aromatic heterocycles. The van der Waals surface area contributed by atoms with Gasteiger partial charge >= 0.3 is 0 Å². The van der Waals surface area contributed by atoms with Crippen LogP contribution in [0, 0.1) is 0 Å². The van der Waals surface area contributed by atoms with Gasteiger partial charge in [0.2, 0.25) is 10.0 Å². The number of aliphatic hydroxyl groups excluding tert-OH is 1. The second-order valence-corrected chi connectivity index (χ2v) is 7.33. The first-order chi connectivity index (χ1) is 9.53. The van der Waals surface area contributed by atoms with Crippen molar-refractivity contribution in [3.63, 3.8) is 0 Å². The smallest absolute Gasteiger partial charge is 0.242 e. The molecule has 0 amide bonds. The molecule has 20 heavy (non-hydrogen) atoms. The summed E-state index contributed by atoms with van der Waals surface area (Å²) >= 11 is 0. The number of nitrogens with one attached hydrogen (secondary N) is 1. The Morgan fingerprint density at radius 2 is 2.15 bits per heavy atom. The fourth-order valence-corrected chi connectivity index (χ4v) is 3.92. The maximum Gasteiger partial charge on any atom is 0.242 e. The summed E-state index contributed by atoms with van der Waals surface area (Å²) < 4.78 is 34.3. The molecular weight excluding hydrogens is 280 g/mol. The lowest BCUT2D eigenvalue weighted by atomic mass is 9.90. The van der Waals surface area contributed by atoms with Gasteiger partial charge in [-0.3, -0.25) is 0 Å². The molecule has 0 saturated heterocycles. The number of nitrogens with zero attached hydrogens (tertiary/aromatic N) is 1. The van der Waals surface area contributed by atoms with E-state index in [0.717, 1.165) is 12.8 Å². The maximum absolute atomic E-state index is 12.3. The molecule has 6 nitrogen and oxygen atoms in total. The number of hydrogen-bond donors (Lipinski definition) is 2. The predicted molar refractivity (Wildman–Crippen MR) is 72.8 cm³/mol. The van der Waals surface area contributed by atoms with Crippen molar-refractivity contribution in [3.05, 3.63) is 18.0 Å². The van der Waals surface area contributed by atoms with Crippen LogP contribution in [-0.2, 0) is 21.4 Å². The maximum atomic E-state index is 12.3. The van der Waals surface area contributed by atoms with Gasteiger partial charge in [0.1, 0.15) is 0 Å². The van der Waals surface area contributed by atoms with Crippen LogP contribution in [0.3, 0.4) is 0 Å². The van der Waals surface area contributed by atoms with E-state index in [2.05, 4.69) is 4.72 Å². The van der Waals surface area contributed by atoms with Gasteiger partial charge in [-0.15, -0.1) is 0 Å². The molecule has 1 heterocycles. The average molecular weight is 300 g/mol. The van der Waals surface area contributed by atoms with Crippen molar-refractivity contribution in [2.75, 3.05) is 7.11 Å². The number of methoxy groups -OCH3 is 1. The number of ether oxygens (including phenoxy) is 1. The second kappa shape index (κ2) is 5.14. The predicted octanol–water partition coefficient (Wildman–Crippen LogP) is 0.771. The number of rotatable bonds is 6. The molecule has 0 radical (unpaired) electrons. The normalized spacial score (nSPS) is 26.5. The van der Waals surface area contributed by atoms with Crippen LogP contribution in [0.25, 0.3) is 0 Å². The van der Waals surface area contributed by atoms with Crippen LogP contribution in [0.1, 0.15) is 37.4 Å². The van der Waals surface area contributed by atoms with E-state index in [1.165, 1.54) is 0 Å². The van der Waals surface area contributed by atoms with Crippen molar-refractivity contribution in [1.29, 1.82) is 0 Å². The van der Waals surface area contributed by atoms with Crippen molar-refractivity contribution in [2.45, 2.75) is 55.4 Å². The number of aromatic nitrogens is 1. The molecule has 0 atom stereocenters. The number of hydrogen-bond acceptors (Lipinski definition) is 4. The van der Waals surface area contributed by atoms with Gasteiger partial charge in [-0.1, -0.05) is 0 Å². The summed E-state index contributed by atoms with van der Waals surface area (Å²) in [5.41, 5.74) is 0.663. The molecule has 112 valence electrons. The van der Waals surface area contributed by atoms with Crippen LogP contribution in [0.2, 0.25) is 0 Å². The van der Waals surface area contributed by atoms with E-state index in [0.29, 0.717) is 24.6 Å². The van der Waals surface area contributed by atoms with E-state index in [1.807, 2.05) is 4.57 Å². The van der Waals surface area contributed by atoms with Gasteiger partial charge in [0.05, 0.1) is 17.6 Å². The van der Waals surface area contributed by atoms with Gasteiger partial charge in [-0.05, 0) is 31.7 Å². The molecule has 0 unspecified atom stereocenters. The molecule has 0 aliphatic heterocycles. The Balaban J connectivity index is 1.74. The van der Waals surface area contributed by atoms with Crippen LogP contribution in [-0.4, -0.2) is 37.3 Å². The second-order valence-electron chi connectivity index (χ2n) is 5.61. The summed E-state index contributed by atoms with van der Waals surface area (Å²) in [6, 6.07) is 1.86. The summed E-state index contributed by atoms with van der Waals surface area (Å²) in [6.07, 6.45) is 5.32. The Morgan fingerprint density at radius 3 is 2.70 bits per heavy atom.